The van der Waals surface area contributed by atoms with Crippen molar-refractivity contribution in [2.45, 2.75) is 13.5 Å². The molecule has 4 heterocycles. The summed E-state index contributed by atoms with van der Waals surface area (Å²) in [5.74, 6) is -0.884. The zero-order valence-corrected chi connectivity index (χ0v) is 21.9. The van der Waals surface area contributed by atoms with Gasteiger partial charge in [0.2, 0.25) is 0 Å². The van der Waals surface area contributed by atoms with E-state index in [0.717, 1.165) is 55.9 Å². The van der Waals surface area contributed by atoms with Crippen LogP contribution in [0.1, 0.15) is 21.7 Å². The van der Waals surface area contributed by atoms with Gasteiger partial charge in [0.05, 0.1) is 5.02 Å². The third kappa shape index (κ3) is 5.29. The maximum absolute atomic E-state index is 13.6. The van der Waals surface area contributed by atoms with Gasteiger partial charge in [-0.05, 0) is 42.8 Å². The molecule has 0 saturated carbocycles. The molecule has 2 fully saturated rings. The molecule has 7 nitrogen and oxygen atoms in total. The lowest BCUT2D eigenvalue weighted by atomic mass is 10.2. The second kappa shape index (κ2) is 10.7. The number of anilines is 2. The number of carbonyl (C=O) groups is 1. The van der Waals surface area contributed by atoms with Crippen LogP contribution in [0.15, 0.2) is 42.6 Å². The number of benzene rings is 1. The van der Waals surface area contributed by atoms with Crippen LogP contribution in [0.3, 0.4) is 0 Å². The Morgan fingerprint density at radius 3 is 2.32 bits per heavy atom. The van der Waals surface area contributed by atoms with Crippen LogP contribution in [0.2, 0.25) is 5.02 Å². The number of nitrogens with zero attached hydrogens (tertiary/aromatic N) is 6. The quantitative estimate of drug-likeness (QED) is 0.502. The van der Waals surface area contributed by atoms with Gasteiger partial charge in [-0.15, -0.1) is 0 Å². The maximum Gasteiger partial charge on any atom is 0.270 e. The SMILES string of the molecule is Cc1c(CN2CCN(c3ncccc3Cl)CC2)cc(C(=O)N2CCN(c3ccc(F)c(F)c3)CC2)n1C. The summed E-state index contributed by atoms with van der Waals surface area (Å²) in [7, 11) is 1.94. The van der Waals surface area contributed by atoms with Crippen molar-refractivity contribution in [3.63, 3.8) is 0 Å². The second-order valence-corrected chi connectivity index (χ2v) is 10.1. The summed E-state index contributed by atoms with van der Waals surface area (Å²) in [5, 5.41) is 0.670. The van der Waals surface area contributed by atoms with Gasteiger partial charge < -0.3 is 19.3 Å². The van der Waals surface area contributed by atoms with Crippen molar-refractivity contribution in [2.75, 3.05) is 62.2 Å². The Kier molecular flexibility index (Phi) is 7.35. The Labute approximate surface area is 220 Å². The molecule has 0 spiro atoms. The highest BCUT2D eigenvalue weighted by Crippen LogP contribution is 2.25. The Hall–Kier alpha value is -3.17. The number of aromatic nitrogens is 2. The summed E-state index contributed by atoms with van der Waals surface area (Å²) >= 11 is 6.32. The topological polar surface area (TPSA) is 47.9 Å². The molecule has 5 rings (SSSR count). The van der Waals surface area contributed by atoms with E-state index in [1.165, 1.54) is 6.07 Å². The van der Waals surface area contributed by atoms with E-state index in [2.05, 4.69) is 21.7 Å². The van der Waals surface area contributed by atoms with E-state index in [1.807, 2.05) is 39.6 Å². The molecule has 2 aliphatic rings. The lowest BCUT2D eigenvalue weighted by molar-refractivity contribution is 0.0737. The lowest BCUT2D eigenvalue weighted by Crippen LogP contribution is -2.49. The van der Waals surface area contributed by atoms with E-state index in [9.17, 15) is 13.6 Å². The van der Waals surface area contributed by atoms with E-state index in [4.69, 9.17) is 11.6 Å². The molecule has 3 aromatic rings. The second-order valence-electron chi connectivity index (χ2n) is 9.65. The van der Waals surface area contributed by atoms with Gasteiger partial charge in [-0.3, -0.25) is 9.69 Å². The molecular formula is C27H31ClF2N6O. The van der Waals surface area contributed by atoms with Crippen LogP contribution >= 0.6 is 11.6 Å². The van der Waals surface area contributed by atoms with Crippen molar-refractivity contribution < 1.29 is 13.6 Å². The molecule has 2 aromatic heterocycles. The molecule has 0 aliphatic carbocycles. The Morgan fingerprint density at radius 2 is 1.65 bits per heavy atom. The molecule has 0 unspecified atom stereocenters. The minimum Gasteiger partial charge on any atom is -0.368 e. The number of pyridine rings is 1. The summed E-state index contributed by atoms with van der Waals surface area (Å²) in [5.41, 5.74) is 3.54. The molecule has 2 aliphatic heterocycles. The molecule has 0 N–H and O–H groups in total. The zero-order valence-electron chi connectivity index (χ0n) is 21.1. The molecule has 1 amide bonds. The largest absolute Gasteiger partial charge is 0.368 e. The number of amides is 1. The average Bonchev–Trinajstić information content (AvgIpc) is 3.19. The molecule has 0 bridgehead atoms. The molecule has 1 aromatic carbocycles. The fourth-order valence-corrected chi connectivity index (χ4v) is 5.35. The summed E-state index contributed by atoms with van der Waals surface area (Å²) in [6, 6.07) is 9.65. The van der Waals surface area contributed by atoms with E-state index in [-0.39, 0.29) is 5.91 Å². The molecule has 2 saturated heterocycles. The van der Waals surface area contributed by atoms with Gasteiger partial charge >= 0.3 is 0 Å². The first-order valence-electron chi connectivity index (χ1n) is 12.5. The Bertz CT molecular complexity index is 1280. The van der Waals surface area contributed by atoms with Crippen LogP contribution in [0.5, 0.6) is 0 Å². The number of rotatable bonds is 5. The van der Waals surface area contributed by atoms with E-state index in [0.29, 0.717) is 42.6 Å². The van der Waals surface area contributed by atoms with E-state index < -0.39 is 11.6 Å². The summed E-state index contributed by atoms with van der Waals surface area (Å²) in [6.45, 7) is 8.47. The summed E-state index contributed by atoms with van der Waals surface area (Å²) < 4.78 is 28.9. The standard InChI is InChI=1S/C27H31ClF2N6O/c1-19-20(18-33-8-10-35(11-9-33)26-22(28)4-3-7-31-26)16-25(32(19)2)27(37)36-14-12-34(13-15-36)21-5-6-23(29)24(30)17-21/h3-7,16-17H,8-15,18H2,1-2H3. The zero-order chi connectivity index (χ0) is 26.1. The number of halogens is 3. The Balaban J connectivity index is 1.19. The van der Waals surface area contributed by atoms with Crippen LogP contribution in [-0.2, 0) is 13.6 Å². The first-order chi connectivity index (χ1) is 17.8. The van der Waals surface area contributed by atoms with Gasteiger partial charge in [0.1, 0.15) is 11.5 Å². The van der Waals surface area contributed by atoms with Crippen molar-refractivity contribution in [2.24, 2.45) is 7.05 Å². The highest BCUT2D eigenvalue weighted by atomic mass is 35.5. The van der Waals surface area contributed by atoms with E-state index in [1.54, 1.807) is 12.3 Å². The number of piperazine rings is 2. The highest BCUT2D eigenvalue weighted by Gasteiger charge is 2.27. The first kappa shape index (κ1) is 25.5. The predicted octanol–water partition coefficient (Wildman–Crippen LogP) is 3.94. The fraction of sp³-hybridized carbons (Fsp3) is 0.407. The van der Waals surface area contributed by atoms with Crippen molar-refractivity contribution in [3.8, 4) is 0 Å². The third-order valence-corrected chi connectivity index (χ3v) is 7.79. The van der Waals surface area contributed by atoms with Crippen LogP contribution in [-0.4, -0.2) is 77.6 Å². The first-order valence-corrected chi connectivity index (χ1v) is 12.9. The number of hydrogen-bond donors (Lipinski definition) is 0. The molecule has 37 heavy (non-hydrogen) atoms. The van der Waals surface area contributed by atoms with Gasteiger partial charge in [-0.2, -0.15) is 0 Å². The Morgan fingerprint density at radius 1 is 0.946 bits per heavy atom. The van der Waals surface area contributed by atoms with Crippen LogP contribution < -0.4 is 9.80 Å². The smallest absolute Gasteiger partial charge is 0.270 e. The fourth-order valence-electron chi connectivity index (χ4n) is 5.11. The third-order valence-electron chi connectivity index (χ3n) is 7.50. The number of carbonyl (C=O) groups excluding carboxylic acids is 1. The monoisotopic (exact) mass is 528 g/mol. The van der Waals surface area contributed by atoms with Crippen molar-refractivity contribution in [3.05, 3.63) is 76.2 Å². The van der Waals surface area contributed by atoms with Gasteiger partial charge in [-0.1, -0.05) is 11.6 Å². The highest BCUT2D eigenvalue weighted by molar-refractivity contribution is 6.32. The predicted molar refractivity (Wildman–Crippen MR) is 141 cm³/mol. The maximum atomic E-state index is 13.6. The number of hydrogen-bond acceptors (Lipinski definition) is 5. The van der Waals surface area contributed by atoms with Gasteiger partial charge in [0.15, 0.2) is 11.6 Å². The van der Waals surface area contributed by atoms with Crippen LogP contribution in [0.4, 0.5) is 20.3 Å². The molecule has 10 heteroatoms. The van der Waals surface area contributed by atoms with Crippen molar-refractivity contribution >= 4 is 29.0 Å². The molecule has 0 atom stereocenters. The molecule has 0 radical (unpaired) electrons. The van der Waals surface area contributed by atoms with E-state index >= 15 is 0 Å². The van der Waals surface area contributed by atoms with Gasteiger partial charge in [-0.25, -0.2) is 13.8 Å². The van der Waals surface area contributed by atoms with Crippen LogP contribution in [0.25, 0.3) is 0 Å². The van der Waals surface area contributed by atoms with Crippen molar-refractivity contribution in [1.29, 1.82) is 0 Å². The lowest BCUT2D eigenvalue weighted by Gasteiger charge is -2.36. The van der Waals surface area contributed by atoms with Gasteiger partial charge in [0.25, 0.3) is 5.91 Å². The minimum absolute atomic E-state index is 0.00333. The minimum atomic E-state index is -0.857. The summed E-state index contributed by atoms with van der Waals surface area (Å²) in [6.07, 6.45) is 1.77. The van der Waals surface area contributed by atoms with Crippen molar-refractivity contribution in [1.82, 2.24) is 19.4 Å². The summed E-state index contributed by atoms with van der Waals surface area (Å²) in [4.78, 5) is 26.2. The normalized spacial score (nSPS) is 16.9. The van der Waals surface area contributed by atoms with Gasteiger partial charge in [0, 0.05) is 89.6 Å². The van der Waals surface area contributed by atoms with Crippen LogP contribution in [0, 0.1) is 18.6 Å². The molecular weight excluding hydrogens is 498 g/mol. The average molecular weight is 529 g/mol. The molecule has 196 valence electrons.